The molecule has 1 fully saturated rings. The van der Waals surface area contributed by atoms with E-state index < -0.39 is 0 Å². The van der Waals surface area contributed by atoms with Gasteiger partial charge in [0.1, 0.15) is 17.3 Å². The van der Waals surface area contributed by atoms with Gasteiger partial charge in [-0.2, -0.15) is 0 Å². The average molecular weight is 375 g/mol. The van der Waals surface area contributed by atoms with Gasteiger partial charge in [-0.15, -0.1) is 0 Å². The first kappa shape index (κ1) is 15.9. The van der Waals surface area contributed by atoms with Crippen LogP contribution in [0.5, 0.6) is 0 Å². The van der Waals surface area contributed by atoms with Crippen molar-refractivity contribution in [2.24, 2.45) is 0 Å². The Morgan fingerprint density at radius 2 is 1.91 bits per heavy atom. The Bertz CT molecular complexity index is 741. The van der Waals surface area contributed by atoms with Crippen LogP contribution >= 0.6 is 15.9 Å². The molecule has 1 saturated heterocycles. The van der Waals surface area contributed by atoms with Gasteiger partial charge in [-0.25, -0.2) is 9.97 Å². The summed E-state index contributed by atoms with van der Waals surface area (Å²) >= 11 is 3.48. The number of halogens is 1. The summed E-state index contributed by atoms with van der Waals surface area (Å²) in [7, 11) is 0. The lowest BCUT2D eigenvalue weighted by atomic mass is 10.2. The first-order valence-corrected chi connectivity index (χ1v) is 8.50. The van der Waals surface area contributed by atoms with Gasteiger partial charge in [-0.05, 0) is 60.3 Å². The molecule has 3 rings (SSSR count). The Labute approximate surface area is 144 Å². The van der Waals surface area contributed by atoms with Crippen LogP contribution in [0.1, 0.15) is 34.7 Å². The van der Waals surface area contributed by atoms with Crippen molar-refractivity contribution in [2.45, 2.75) is 26.7 Å². The summed E-state index contributed by atoms with van der Waals surface area (Å²) in [6.45, 7) is 5.80. The van der Waals surface area contributed by atoms with Crippen LogP contribution in [0.3, 0.4) is 0 Å². The maximum atomic E-state index is 12.5. The zero-order chi connectivity index (χ0) is 16.4. The van der Waals surface area contributed by atoms with Crippen molar-refractivity contribution in [3.63, 3.8) is 0 Å². The minimum atomic E-state index is -0.222. The molecule has 2 heterocycles. The number of nitrogens with one attached hydrogen (secondary N) is 1. The molecule has 0 bridgehead atoms. The lowest BCUT2D eigenvalue weighted by Crippen LogP contribution is -2.22. The number of aromatic nitrogens is 2. The second-order valence-corrected chi connectivity index (χ2v) is 6.64. The zero-order valence-corrected chi connectivity index (χ0v) is 14.9. The molecule has 0 spiro atoms. The molecule has 0 aliphatic carbocycles. The Balaban J connectivity index is 1.84. The van der Waals surface area contributed by atoms with E-state index >= 15 is 0 Å². The Kier molecular flexibility index (Phi) is 4.61. The van der Waals surface area contributed by atoms with E-state index in [0.29, 0.717) is 11.5 Å². The standard InChI is InChI=1S/C17H19BrN4O/c1-11-5-6-14(13(18)9-11)21-17(23)15-10-16(20-12(2)19-15)22-7-3-4-8-22/h5-6,9-10H,3-4,7-8H2,1-2H3,(H,21,23). The Hall–Kier alpha value is -1.95. The third kappa shape index (κ3) is 3.69. The van der Waals surface area contributed by atoms with Gasteiger partial charge in [0, 0.05) is 23.6 Å². The minimum absolute atomic E-state index is 0.222. The summed E-state index contributed by atoms with van der Waals surface area (Å²) in [5, 5.41) is 2.90. The van der Waals surface area contributed by atoms with E-state index in [9.17, 15) is 4.79 Å². The third-order valence-corrected chi connectivity index (χ3v) is 4.52. The summed E-state index contributed by atoms with van der Waals surface area (Å²) in [4.78, 5) is 23.5. The number of rotatable bonds is 3. The van der Waals surface area contributed by atoms with Crippen molar-refractivity contribution in [3.05, 3.63) is 45.8 Å². The predicted octanol–water partition coefficient (Wildman–Crippen LogP) is 3.71. The highest BCUT2D eigenvalue weighted by molar-refractivity contribution is 9.10. The molecule has 0 radical (unpaired) electrons. The van der Waals surface area contributed by atoms with Crippen LogP contribution in [0.2, 0.25) is 0 Å². The summed E-state index contributed by atoms with van der Waals surface area (Å²) < 4.78 is 0.858. The summed E-state index contributed by atoms with van der Waals surface area (Å²) in [6, 6.07) is 7.58. The molecular formula is C17H19BrN4O. The smallest absolute Gasteiger partial charge is 0.274 e. The number of carbonyl (C=O) groups excluding carboxylic acids is 1. The average Bonchev–Trinajstić information content (AvgIpc) is 3.04. The first-order valence-electron chi connectivity index (χ1n) is 7.71. The molecule has 0 saturated carbocycles. The van der Waals surface area contributed by atoms with Crippen molar-refractivity contribution >= 4 is 33.3 Å². The molecule has 1 N–H and O–H groups in total. The Morgan fingerprint density at radius 3 is 2.61 bits per heavy atom. The third-order valence-electron chi connectivity index (χ3n) is 3.86. The van der Waals surface area contributed by atoms with Crippen LogP contribution < -0.4 is 10.2 Å². The number of carbonyl (C=O) groups is 1. The van der Waals surface area contributed by atoms with Gasteiger partial charge in [0.2, 0.25) is 0 Å². The second-order valence-electron chi connectivity index (χ2n) is 5.79. The molecule has 1 aromatic heterocycles. The van der Waals surface area contributed by atoms with Crippen molar-refractivity contribution in [3.8, 4) is 0 Å². The van der Waals surface area contributed by atoms with Crippen LogP contribution in [-0.2, 0) is 0 Å². The molecule has 1 aliphatic heterocycles. The van der Waals surface area contributed by atoms with Gasteiger partial charge in [0.25, 0.3) is 5.91 Å². The molecule has 5 nitrogen and oxygen atoms in total. The van der Waals surface area contributed by atoms with Crippen molar-refractivity contribution in [1.29, 1.82) is 0 Å². The fraction of sp³-hybridized carbons (Fsp3) is 0.353. The van der Waals surface area contributed by atoms with E-state index in [1.807, 2.05) is 32.0 Å². The number of hydrogen-bond donors (Lipinski definition) is 1. The second kappa shape index (κ2) is 6.66. The van der Waals surface area contributed by atoms with Gasteiger partial charge in [0.05, 0.1) is 5.69 Å². The van der Waals surface area contributed by atoms with Crippen molar-refractivity contribution in [2.75, 3.05) is 23.3 Å². The van der Waals surface area contributed by atoms with Crippen LogP contribution in [0.4, 0.5) is 11.5 Å². The highest BCUT2D eigenvalue weighted by Gasteiger charge is 2.18. The fourth-order valence-electron chi connectivity index (χ4n) is 2.68. The predicted molar refractivity (Wildman–Crippen MR) is 95.0 cm³/mol. The summed E-state index contributed by atoms with van der Waals surface area (Å²) in [5.41, 5.74) is 2.26. The zero-order valence-electron chi connectivity index (χ0n) is 13.3. The lowest BCUT2D eigenvalue weighted by molar-refractivity contribution is 0.102. The largest absolute Gasteiger partial charge is 0.356 e. The maximum absolute atomic E-state index is 12.5. The molecule has 23 heavy (non-hydrogen) atoms. The molecule has 0 atom stereocenters. The molecule has 0 unspecified atom stereocenters. The molecule has 1 aromatic carbocycles. The summed E-state index contributed by atoms with van der Waals surface area (Å²) in [5.74, 6) is 1.23. The van der Waals surface area contributed by atoms with Gasteiger partial charge >= 0.3 is 0 Å². The molecule has 120 valence electrons. The number of nitrogens with zero attached hydrogens (tertiary/aromatic N) is 3. The number of amides is 1. The highest BCUT2D eigenvalue weighted by atomic mass is 79.9. The number of aryl methyl sites for hydroxylation is 2. The summed E-state index contributed by atoms with van der Waals surface area (Å²) in [6.07, 6.45) is 2.34. The SMILES string of the molecule is Cc1ccc(NC(=O)c2cc(N3CCCC3)nc(C)n2)c(Br)c1. The monoisotopic (exact) mass is 374 g/mol. The fourth-order valence-corrected chi connectivity index (χ4v) is 3.28. The molecule has 2 aromatic rings. The van der Waals surface area contributed by atoms with E-state index in [0.717, 1.165) is 34.6 Å². The van der Waals surface area contributed by atoms with Gasteiger partial charge in [0.15, 0.2) is 0 Å². The molecule has 1 aliphatic rings. The lowest BCUT2D eigenvalue weighted by Gasteiger charge is -2.17. The van der Waals surface area contributed by atoms with E-state index in [1.165, 1.54) is 12.8 Å². The topological polar surface area (TPSA) is 58.1 Å². The number of benzene rings is 1. The van der Waals surface area contributed by atoms with E-state index in [-0.39, 0.29) is 5.91 Å². The van der Waals surface area contributed by atoms with Gasteiger partial charge in [-0.1, -0.05) is 6.07 Å². The van der Waals surface area contributed by atoms with Crippen LogP contribution in [-0.4, -0.2) is 29.0 Å². The van der Waals surface area contributed by atoms with Crippen molar-refractivity contribution in [1.82, 2.24) is 9.97 Å². The highest BCUT2D eigenvalue weighted by Crippen LogP contribution is 2.24. The minimum Gasteiger partial charge on any atom is -0.356 e. The van der Waals surface area contributed by atoms with E-state index in [2.05, 4.69) is 36.1 Å². The van der Waals surface area contributed by atoms with Gasteiger partial charge in [-0.3, -0.25) is 4.79 Å². The number of anilines is 2. The van der Waals surface area contributed by atoms with Crippen LogP contribution in [0.25, 0.3) is 0 Å². The quantitative estimate of drug-likeness (QED) is 0.889. The normalized spacial score (nSPS) is 14.1. The number of hydrogen-bond acceptors (Lipinski definition) is 4. The molecule has 1 amide bonds. The van der Waals surface area contributed by atoms with Crippen LogP contribution in [0.15, 0.2) is 28.7 Å². The molecular weight excluding hydrogens is 356 g/mol. The Morgan fingerprint density at radius 1 is 1.17 bits per heavy atom. The maximum Gasteiger partial charge on any atom is 0.274 e. The van der Waals surface area contributed by atoms with E-state index in [4.69, 9.17) is 0 Å². The van der Waals surface area contributed by atoms with Crippen LogP contribution in [0, 0.1) is 13.8 Å². The first-order chi connectivity index (χ1) is 11.0. The molecule has 6 heteroatoms. The van der Waals surface area contributed by atoms with Crippen molar-refractivity contribution < 1.29 is 4.79 Å². The van der Waals surface area contributed by atoms with E-state index in [1.54, 1.807) is 6.07 Å². The van der Waals surface area contributed by atoms with Gasteiger partial charge < -0.3 is 10.2 Å².